The zero-order valence-corrected chi connectivity index (χ0v) is 14.6. The van der Waals surface area contributed by atoms with E-state index in [1.165, 1.54) is 0 Å². The lowest BCUT2D eigenvalue weighted by molar-refractivity contribution is -0.136. The predicted octanol–water partition coefficient (Wildman–Crippen LogP) is 1.07. The second-order valence-corrected chi connectivity index (χ2v) is 6.17. The maximum absolute atomic E-state index is 12.0. The summed E-state index contributed by atoms with van der Waals surface area (Å²) in [6.07, 6.45) is 0.0855. The molecule has 6 nitrogen and oxygen atoms in total. The van der Waals surface area contributed by atoms with E-state index in [1.807, 2.05) is 25.1 Å². The molecule has 1 fully saturated rings. The molecule has 1 aliphatic rings. The highest BCUT2D eigenvalue weighted by atomic mass is 16.5. The van der Waals surface area contributed by atoms with Crippen molar-refractivity contribution in [3.8, 4) is 5.75 Å². The number of amides is 1. The Kier molecular flexibility index (Phi) is 7.02. The summed E-state index contributed by atoms with van der Waals surface area (Å²) in [6, 6.07) is 5.96. The van der Waals surface area contributed by atoms with Gasteiger partial charge in [0.2, 0.25) is 5.91 Å². The fourth-order valence-electron chi connectivity index (χ4n) is 2.83. The van der Waals surface area contributed by atoms with Crippen LogP contribution in [0.1, 0.15) is 17.5 Å². The number of methoxy groups -OCH3 is 2. The van der Waals surface area contributed by atoms with Crippen molar-refractivity contribution >= 4 is 5.91 Å². The van der Waals surface area contributed by atoms with E-state index in [0.29, 0.717) is 32.6 Å². The Morgan fingerprint density at radius 3 is 2.88 bits per heavy atom. The molecule has 134 valence electrons. The predicted molar refractivity (Wildman–Crippen MR) is 90.2 cm³/mol. The van der Waals surface area contributed by atoms with E-state index in [-0.39, 0.29) is 17.9 Å². The number of aryl methyl sites for hydroxylation is 2. The van der Waals surface area contributed by atoms with Crippen LogP contribution in [-0.2, 0) is 20.7 Å². The molecular weight excluding hydrogens is 310 g/mol. The van der Waals surface area contributed by atoms with E-state index in [4.69, 9.17) is 14.2 Å². The number of carbonyl (C=O) groups excluding carboxylic acids is 1. The molecule has 0 radical (unpaired) electrons. The molecule has 1 aromatic carbocycles. The van der Waals surface area contributed by atoms with E-state index in [9.17, 15) is 9.90 Å². The zero-order chi connectivity index (χ0) is 17.5. The van der Waals surface area contributed by atoms with Crippen LogP contribution in [0.15, 0.2) is 18.2 Å². The molecule has 3 atom stereocenters. The molecule has 1 aliphatic heterocycles. The van der Waals surface area contributed by atoms with Crippen LogP contribution in [0.3, 0.4) is 0 Å². The van der Waals surface area contributed by atoms with Gasteiger partial charge in [-0.1, -0.05) is 12.1 Å². The van der Waals surface area contributed by atoms with Gasteiger partial charge in [-0.05, 0) is 30.5 Å². The first kappa shape index (κ1) is 18.7. The maximum atomic E-state index is 12.0. The zero-order valence-electron chi connectivity index (χ0n) is 14.6. The third kappa shape index (κ3) is 4.93. The van der Waals surface area contributed by atoms with Crippen LogP contribution in [0.25, 0.3) is 0 Å². The van der Waals surface area contributed by atoms with Gasteiger partial charge in [0.15, 0.2) is 0 Å². The third-order valence-corrected chi connectivity index (χ3v) is 4.46. The van der Waals surface area contributed by atoms with Crippen LogP contribution in [0.5, 0.6) is 5.75 Å². The summed E-state index contributed by atoms with van der Waals surface area (Å²) < 4.78 is 15.9. The van der Waals surface area contributed by atoms with Gasteiger partial charge in [-0.2, -0.15) is 0 Å². The molecule has 0 aliphatic carbocycles. The molecule has 6 heteroatoms. The number of aliphatic hydroxyl groups excluding tert-OH is 1. The van der Waals surface area contributed by atoms with Crippen LogP contribution in [-0.4, -0.2) is 57.2 Å². The van der Waals surface area contributed by atoms with Crippen LogP contribution in [0.4, 0.5) is 0 Å². The molecule has 0 aromatic heterocycles. The summed E-state index contributed by atoms with van der Waals surface area (Å²) >= 11 is 0. The molecule has 1 saturated heterocycles. The number of ether oxygens (including phenoxy) is 3. The standard InChI is InChI=1S/C18H27NO5/c1-12-4-5-13(8-15(12)22-2)6-7-17(20)19-9-14-10-24-11-16(23-3)18(14)21/h4-5,8,14,16,18,21H,6-7,9-11H2,1-3H3,(H,19,20)/t14-,16-,18+/m1/s1. The molecule has 0 saturated carbocycles. The van der Waals surface area contributed by atoms with Gasteiger partial charge < -0.3 is 24.6 Å². The Morgan fingerprint density at radius 1 is 1.38 bits per heavy atom. The van der Waals surface area contributed by atoms with Gasteiger partial charge in [0.25, 0.3) is 0 Å². The van der Waals surface area contributed by atoms with Crippen LogP contribution >= 0.6 is 0 Å². The minimum Gasteiger partial charge on any atom is -0.496 e. The lowest BCUT2D eigenvalue weighted by Gasteiger charge is -2.33. The van der Waals surface area contributed by atoms with Gasteiger partial charge in [0, 0.05) is 26.0 Å². The lowest BCUT2D eigenvalue weighted by atomic mass is 9.96. The lowest BCUT2D eigenvalue weighted by Crippen LogP contribution is -2.49. The highest BCUT2D eigenvalue weighted by Gasteiger charge is 2.32. The fourth-order valence-corrected chi connectivity index (χ4v) is 2.83. The molecule has 0 spiro atoms. The van der Waals surface area contributed by atoms with Crippen molar-refractivity contribution in [3.63, 3.8) is 0 Å². The third-order valence-electron chi connectivity index (χ3n) is 4.46. The van der Waals surface area contributed by atoms with Crippen molar-refractivity contribution < 1.29 is 24.1 Å². The number of aliphatic hydroxyl groups is 1. The second kappa shape index (κ2) is 9.01. The molecule has 2 N–H and O–H groups in total. The Hall–Kier alpha value is -1.63. The quantitative estimate of drug-likeness (QED) is 0.778. The average molecular weight is 337 g/mol. The van der Waals surface area contributed by atoms with Gasteiger partial charge in [-0.25, -0.2) is 0 Å². The van der Waals surface area contributed by atoms with Crippen LogP contribution in [0, 0.1) is 12.8 Å². The summed E-state index contributed by atoms with van der Waals surface area (Å²) in [4.78, 5) is 12.0. The minimum atomic E-state index is -0.620. The number of hydrogen-bond acceptors (Lipinski definition) is 5. The fraction of sp³-hybridized carbons (Fsp3) is 0.611. The Balaban J connectivity index is 1.77. The minimum absolute atomic E-state index is 0.0405. The summed E-state index contributed by atoms with van der Waals surface area (Å²) in [7, 11) is 3.19. The first-order chi connectivity index (χ1) is 11.5. The highest BCUT2D eigenvalue weighted by molar-refractivity contribution is 5.76. The molecule has 1 heterocycles. The first-order valence-corrected chi connectivity index (χ1v) is 8.24. The summed E-state index contributed by atoms with van der Waals surface area (Å²) in [5.41, 5.74) is 2.14. The van der Waals surface area contributed by atoms with Crippen molar-refractivity contribution in [2.24, 2.45) is 5.92 Å². The number of benzene rings is 1. The van der Waals surface area contributed by atoms with Gasteiger partial charge >= 0.3 is 0 Å². The maximum Gasteiger partial charge on any atom is 0.220 e. The SMILES string of the molecule is COc1cc(CCC(=O)NC[C@@H]2COC[C@@H](OC)[C@H]2O)ccc1C. The van der Waals surface area contributed by atoms with Crippen molar-refractivity contribution in [2.75, 3.05) is 34.0 Å². The average Bonchev–Trinajstić information content (AvgIpc) is 2.60. The smallest absolute Gasteiger partial charge is 0.220 e. The largest absolute Gasteiger partial charge is 0.496 e. The Morgan fingerprint density at radius 2 is 2.17 bits per heavy atom. The molecular formula is C18H27NO5. The van der Waals surface area contributed by atoms with E-state index >= 15 is 0 Å². The highest BCUT2D eigenvalue weighted by Crippen LogP contribution is 2.20. The molecule has 0 bridgehead atoms. The summed E-state index contributed by atoms with van der Waals surface area (Å²) in [5.74, 6) is 0.648. The van der Waals surface area contributed by atoms with E-state index in [2.05, 4.69) is 5.32 Å². The van der Waals surface area contributed by atoms with Crippen molar-refractivity contribution in [3.05, 3.63) is 29.3 Å². The van der Waals surface area contributed by atoms with Crippen LogP contribution < -0.4 is 10.1 Å². The van der Waals surface area contributed by atoms with Gasteiger partial charge in [0.05, 0.1) is 26.4 Å². The van der Waals surface area contributed by atoms with Gasteiger partial charge in [-0.3, -0.25) is 4.79 Å². The Labute approximate surface area is 143 Å². The molecule has 1 amide bonds. The van der Waals surface area contributed by atoms with Gasteiger partial charge in [0.1, 0.15) is 11.9 Å². The first-order valence-electron chi connectivity index (χ1n) is 8.24. The van der Waals surface area contributed by atoms with Crippen molar-refractivity contribution in [1.82, 2.24) is 5.32 Å². The van der Waals surface area contributed by atoms with Crippen molar-refractivity contribution in [1.29, 1.82) is 0 Å². The van der Waals surface area contributed by atoms with E-state index in [0.717, 1.165) is 16.9 Å². The van der Waals surface area contributed by atoms with E-state index in [1.54, 1.807) is 14.2 Å². The second-order valence-electron chi connectivity index (χ2n) is 6.17. The molecule has 24 heavy (non-hydrogen) atoms. The number of carbonyl (C=O) groups is 1. The van der Waals surface area contributed by atoms with Crippen molar-refractivity contribution in [2.45, 2.75) is 32.0 Å². The normalized spacial score (nSPS) is 23.8. The Bertz CT molecular complexity index is 548. The monoisotopic (exact) mass is 337 g/mol. The number of rotatable bonds is 7. The number of hydrogen-bond donors (Lipinski definition) is 2. The molecule has 0 unspecified atom stereocenters. The number of nitrogens with one attached hydrogen (secondary N) is 1. The van der Waals surface area contributed by atoms with Crippen LogP contribution in [0.2, 0.25) is 0 Å². The molecule has 1 aromatic rings. The van der Waals surface area contributed by atoms with E-state index < -0.39 is 6.10 Å². The van der Waals surface area contributed by atoms with Gasteiger partial charge in [-0.15, -0.1) is 0 Å². The summed E-state index contributed by atoms with van der Waals surface area (Å²) in [6.45, 7) is 3.19. The summed E-state index contributed by atoms with van der Waals surface area (Å²) in [5, 5.41) is 13.0. The topological polar surface area (TPSA) is 77.0 Å². The molecule has 2 rings (SSSR count).